The molecule has 0 radical (unpaired) electrons. The topological polar surface area (TPSA) is 87.4 Å². The Labute approximate surface area is 125 Å². The number of nitrogens with zero attached hydrogens (tertiary/aromatic N) is 1. The number of aliphatic hydroxyl groups excluding tert-OH is 1. The second-order valence-electron chi connectivity index (χ2n) is 5.81. The first-order valence-electron chi connectivity index (χ1n) is 7.70. The van der Waals surface area contributed by atoms with Crippen molar-refractivity contribution in [1.29, 1.82) is 0 Å². The molecule has 6 nitrogen and oxygen atoms in total. The van der Waals surface area contributed by atoms with Gasteiger partial charge < -0.3 is 20.3 Å². The van der Waals surface area contributed by atoms with E-state index in [2.05, 4.69) is 15.8 Å². The molecule has 0 aromatic carbocycles. The van der Waals surface area contributed by atoms with Gasteiger partial charge in [-0.2, -0.15) is 0 Å². The van der Waals surface area contributed by atoms with Crippen LogP contribution in [-0.4, -0.2) is 35.0 Å². The number of aryl methyl sites for hydroxylation is 2. The Kier molecular flexibility index (Phi) is 5.61. The summed E-state index contributed by atoms with van der Waals surface area (Å²) in [4.78, 5) is 11.8. The van der Waals surface area contributed by atoms with Crippen molar-refractivity contribution in [2.45, 2.75) is 64.5 Å². The van der Waals surface area contributed by atoms with Crippen molar-refractivity contribution in [2.75, 3.05) is 6.54 Å². The van der Waals surface area contributed by atoms with Gasteiger partial charge in [0.15, 0.2) is 0 Å². The Hall–Kier alpha value is -1.56. The molecule has 2 amide bonds. The first-order valence-corrected chi connectivity index (χ1v) is 7.70. The zero-order valence-corrected chi connectivity index (χ0v) is 12.8. The molecule has 21 heavy (non-hydrogen) atoms. The SMILES string of the molecule is Cc1noc(C)c1CCCNC(=O)NC1CCC(O)CC1. The summed E-state index contributed by atoms with van der Waals surface area (Å²) in [5, 5.41) is 19.2. The van der Waals surface area contributed by atoms with Crippen molar-refractivity contribution in [3.8, 4) is 0 Å². The molecule has 3 N–H and O–H groups in total. The molecule has 0 bridgehead atoms. The number of aliphatic hydroxyl groups is 1. The number of hydrogen-bond donors (Lipinski definition) is 3. The van der Waals surface area contributed by atoms with Crippen LogP contribution in [0.2, 0.25) is 0 Å². The maximum atomic E-state index is 11.8. The second kappa shape index (κ2) is 7.45. The summed E-state index contributed by atoms with van der Waals surface area (Å²) in [6, 6.07) is 0.0751. The van der Waals surface area contributed by atoms with Gasteiger partial charge in [-0.3, -0.25) is 0 Å². The van der Waals surface area contributed by atoms with Gasteiger partial charge in [0, 0.05) is 18.2 Å². The number of carbonyl (C=O) groups excluding carboxylic acids is 1. The first-order chi connectivity index (χ1) is 10.1. The molecule has 0 atom stereocenters. The summed E-state index contributed by atoms with van der Waals surface area (Å²) in [6.07, 6.45) is 4.78. The van der Waals surface area contributed by atoms with Crippen LogP contribution in [0.4, 0.5) is 4.79 Å². The molecule has 1 aromatic heterocycles. The summed E-state index contributed by atoms with van der Waals surface area (Å²) >= 11 is 0. The van der Waals surface area contributed by atoms with Crippen LogP contribution in [0.15, 0.2) is 4.52 Å². The van der Waals surface area contributed by atoms with Crippen molar-refractivity contribution >= 4 is 6.03 Å². The minimum absolute atomic E-state index is 0.116. The van der Waals surface area contributed by atoms with E-state index in [9.17, 15) is 9.90 Å². The van der Waals surface area contributed by atoms with Crippen LogP contribution >= 0.6 is 0 Å². The van der Waals surface area contributed by atoms with Gasteiger partial charge in [0.1, 0.15) is 5.76 Å². The number of amides is 2. The summed E-state index contributed by atoms with van der Waals surface area (Å²) in [5.41, 5.74) is 2.07. The molecule has 0 saturated heterocycles. The second-order valence-corrected chi connectivity index (χ2v) is 5.81. The van der Waals surface area contributed by atoms with E-state index < -0.39 is 0 Å². The Balaban J connectivity index is 1.61. The molecule has 1 heterocycles. The zero-order chi connectivity index (χ0) is 15.2. The van der Waals surface area contributed by atoms with E-state index in [4.69, 9.17) is 4.52 Å². The summed E-state index contributed by atoms with van der Waals surface area (Å²) in [5.74, 6) is 0.859. The molecule has 0 unspecified atom stereocenters. The molecule has 118 valence electrons. The molecule has 1 fully saturated rings. The van der Waals surface area contributed by atoms with Gasteiger partial charge in [0.25, 0.3) is 0 Å². The van der Waals surface area contributed by atoms with Crippen molar-refractivity contribution in [1.82, 2.24) is 15.8 Å². The standard InChI is InChI=1S/C15H25N3O3/c1-10-14(11(2)21-18-10)4-3-9-16-15(20)17-12-5-7-13(19)8-6-12/h12-13,19H,3-9H2,1-2H3,(H2,16,17,20). The predicted octanol–water partition coefficient (Wildman–Crippen LogP) is 1.83. The van der Waals surface area contributed by atoms with Gasteiger partial charge in [0.2, 0.25) is 0 Å². The number of hydrogen-bond acceptors (Lipinski definition) is 4. The predicted molar refractivity (Wildman–Crippen MR) is 79.1 cm³/mol. The fourth-order valence-electron chi connectivity index (χ4n) is 2.78. The van der Waals surface area contributed by atoms with Crippen LogP contribution in [0, 0.1) is 13.8 Å². The highest BCUT2D eigenvalue weighted by Gasteiger charge is 2.20. The third kappa shape index (κ3) is 4.74. The molecule has 1 aliphatic rings. The molecule has 1 aromatic rings. The van der Waals surface area contributed by atoms with Crippen LogP contribution in [0.5, 0.6) is 0 Å². The fourth-order valence-corrected chi connectivity index (χ4v) is 2.78. The minimum atomic E-state index is -0.193. The van der Waals surface area contributed by atoms with E-state index in [-0.39, 0.29) is 18.2 Å². The van der Waals surface area contributed by atoms with Gasteiger partial charge in [-0.15, -0.1) is 0 Å². The minimum Gasteiger partial charge on any atom is -0.393 e. The van der Waals surface area contributed by atoms with Gasteiger partial charge in [0.05, 0.1) is 11.8 Å². The van der Waals surface area contributed by atoms with Crippen molar-refractivity contribution in [2.24, 2.45) is 0 Å². The maximum absolute atomic E-state index is 11.8. The molecule has 2 rings (SSSR count). The Morgan fingerprint density at radius 1 is 1.33 bits per heavy atom. The van der Waals surface area contributed by atoms with Crippen LogP contribution in [0.1, 0.15) is 49.1 Å². The molecule has 1 aliphatic carbocycles. The van der Waals surface area contributed by atoms with Gasteiger partial charge in [-0.25, -0.2) is 4.79 Å². The zero-order valence-electron chi connectivity index (χ0n) is 12.8. The van der Waals surface area contributed by atoms with E-state index in [0.717, 1.165) is 55.5 Å². The average Bonchev–Trinajstić information content (AvgIpc) is 2.77. The number of rotatable bonds is 5. The number of urea groups is 1. The lowest BCUT2D eigenvalue weighted by Gasteiger charge is -2.26. The van der Waals surface area contributed by atoms with Crippen LogP contribution < -0.4 is 10.6 Å². The van der Waals surface area contributed by atoms with Crippen LogP contribution in [0.25, 0.3) is 0 Å². The largest absolute Gasteiger partial charge is 0.393 e. The van der Waals surface area contributed by atoms with E-state index in [1.165, 1.54) is 0 Å². The molecular formula is C15H25N3O3. The summed E-state index contributed by atoms with van der Waals surface area (Å²) in [6.45, 7) is 4.47. The number of aromatic nitrogens is 1. The highest BCUT2D eigenvalue weighted by atomic mass is 16.5. The smallest absolute Gasteiger partial charge is 0.315 e. The summed E-state index contributed by atoms with van der Waals surface area (Å²) in [7, 11) is 0. The number of nitrogens with one attached hydrogen (secondary N) is 2. The highest BCUT2D eigenvalue weighted by molar-refractivity contribution is 5.74. The molecule has 1 saturated carbocycles. The molecular weight excluding hydrogens is 270 g/mol. The third-order valence-electron chi connectivity index (χ3n) is 4.10. The Bertz CT molecular complexity index is 445. The lowest BCUT2D eigenvalue weighted by molar-refractivity contribution is 0.117. The van der Waals surface area contributed by atoms with Gasteiger partial charge in [-0.05, 0) is 52.4 Å². The average molecular weight is 295 g/mol. The number of carbonyl (C=O) groups is 1. The van der Waals surface area contributed by atoms with E-state index in [0.29, 0.717) is 6.54 Å². The molecule has 6 heteroatoms. The van der Waals surface area contributed by atoms with E-state index >= 15 is 0 Å². The molecule has 0 aliphatic heterocycles. The molecule has 0 spiro atoms. The monoisotopic (exact) mass is 295 g/mol. The van der Waals surface area contributed by atoms with Crippen molar-refractivity contribution in [3.05, 3.63) is 17.0 Å². The lowest BCUT2D eigenvalue weighted by atomic mass is 9.93. The Morgan fingerprint density at radius 3 is 2.67 bits per heavy atom. The first kappa shape index (κ1) is 15.8. The normalized spacial score (nSPS) is 22.0. The lowest BCUT2D eigenvalue weighted by Crippen LogP contribution is -2.44. The van der Waals surface area contributed by atoms with E-state index in [1.807, 2.05) is 13.8 Å². The van der Waals surface area contributed by atoms with Crippen LogP contribution in [0.3, 0.4) is 0 Å². The van der Waals surface area contributed by atoms with Crippen molar-refractivity contribution in [3.63, 3.8) is 0 Å². The van der Waals surface area contributed by atoms with Crippen LogP contribution in [-0.2, 0) is 6.42 Å². The van der Waals surface area contributed by atoms with E-state index in [1.54, 1.807) is 0 Å². The van der Waals surface area contributed by atoms with Crippen molar-refractivity contribution < 1.29 is 14.4 Å². The third-order valence-corrected chi connectivity index (χ3v) is 4.10. The summed E-state index contributed by atoms with van der Waals surface area (Å²) < 4.78 is 5.11. The Morgan fingerprint density at radius 2 is 2.05 bits per heavy atom. The van der Waals surface area contributed by atoms with Gasteiger partial charge in [-0.1, -0.05) is 5.16 Å². The van der Waals surface area contributed by atoms with Gasteiger partial charge >= 0.3 is 6.03 Å². The maximum Gasteiger partial charge on any atom is 0.315 e. The fraction of sp³-hybridized carbons (Fsp3) is 0.733. The highest BCUT2D eigenvalue weighted by Crippen LogP contribution is 2.18. The quantitative estimate of drug-likeness (QED) is 0.723.